The fraction of sp³-hybridized carbons (Fsp3) is 0.0667. The van der Waals surface area contributed by atoms with Crippen LogP contribution >= 0.6 is 39.1 Å². The molecule has 1 aromatic heterocycles. The number of carbonyl (C=O) groups excluding carboxylic acids is 1. The van der Waals surface area contributed by atoms with E-state index in [4.69, 9.17) is 27.9 Å². The van der Waals surface area contributed by atoms with Gasteiger partial charge in [-0.3, -0.25) is 4.79 Å². The van der Waals surface area contributed by atoms with E-state index < -0.39 is 0 Å². The first-order valence-electron chi connectivity index (χ1n) is 6.71. The van der Waals surface area contributed by atoms with Gasteiger partial charge in [0.05, 0.1) is 21.7 Å². The van der Waals surface area contributed by atoms with E-state index in [0.717, 1.165) is 0 Å². The van der Waals surface area contributed by atoms with Crippen LogP contribution in [0.4, 0.5) is 5.69 Å². The number of rotatable bonds is 4. The van der Waals surface area contributed by atoms with Gasteiger partial charge in [0.1, 0.15) is 5.75 Å². The smallest absolute Gasteiger partial charge is 0.323 e. The lowest BCUT2D eigenvalue weighted by Gasteiger charge is -2.10. The summed E-state index contributed by atoms with van der Waals surface area (Å²) < 4.78 is 6.00. The lowest BCUT2D eigenvalue weighted by molar-refractivity contribution is -0.118. The number of ether oxygens (including phenoxy) is 1. The molecule has 2 aromatic carbocycles. The van der Waals surface area contributed by atoms with Crippen molar-refractivity contribution in [3.8, 4) is 5.75 Å². The number of amides is 1. The zero-order valence-electron chi connectivity index (χ0n) is 12.0. The Kier molecular flexibility index (Phi) is 4.84. The molecule has 124 valence electrons. The second kappa shape index (κ2) is 6.88. The van der Waals surface area contributed by atoms with Crippen molar-refractivity contribution in [2.24, 2.45) is 0 Å². The third-order valence-electron chi connectivity index (χ3n) is 3.13. The minimum absolute atomic E-state index is 0.242. The maximum Gasteiger partial charge on any atom is 0.323 e. The number of hydrogen-bond donors (Lipinski definition) is 3. The molecule has 1 amide bonds. The molecule has 0 atom stereocenters. The van der Waals surface area contributed by atoms with Gasteiger partial charge in [-0.1, -0.05) is 23.2 Å². The van der Waals surface area contributed by atoms with Crippen molar-refractivity contribution in [3.63, 3.8) is 0 Å². The van der Waals surface area contributed by atoms with Crippen molar-refractivity contribution in [1.29, 1.82) is 0 Å². The lowest BCUT2D eigenvalue weighted by Crippen LogP contribution is -2.20. The van der Waals surface area contributed by atoms with E-state index in [1.807, 2.05) is 0 Å². The fourth-order valence-corrected chi connectivity index (χ4v) is 2.85. The highest BCUT2D eigenvalue weighted by molar-refractivity contribution is 9.10. The summed E-state index contributed by atoms with van der Waals surface area (Å²) in [5.41, 5.74) is 1.40. The number of benzene rings is 2. The Hall–Kier alpha value is -1.96. The monoisotopic (exact) mass is 429 g/mol. The van der Waals surface area contributed by atoms with E-state index in [1.165, 1.54) is 6.07 Å². The molecule has 1 heterocycles. The van der Waals surface area contributed by atoms with Gasteiger partial charge in [-0.05, 0) is 40.2 Å². The molecule has 3 rings (SSSR count). The van der Waals surface area contributed by atoms with Gasteiger partial charge in [0.15, 0.2) is 6.61 Å². The van der Waals surface area contributed by atoms with E-state index in [9.17, 15) is 9.59 Å². The van der Waals surface area contributed by atoms with E-state index in [2.05, 4.69) is 31.2 Å². The molecule has 0 aliphatic heterocycles. The van der Waals surface area contributed by atoms with Crippen LogP contribution in [-0.4, -0.2) is 22.5 Å². The number of anilines is 1. The van der Waals surface area contributed by atoms with Gasteiger partial charge in [-0.15, -0.1) is 0 Å². The molecule has 3 aromatic rings. The van der Waals surface area contributed by atoms with E-state index in [0.29, 0.717) is 37.0 Å². The van der Waals surface area contributed by atoms with Gasteiger partial charge in [-0.2, -0.15) is 0 Å². The molecule has 0 bridgehead atoms. The number of imidazole rings is 1. The van der Waals surface area contributed by atoms with Crippen molar-refractivity contribution in [3.05, 3.63) is 55.3 Å². The maximum absolute atomic E-state index is 12.1. The minimum Gasteiger partial charge on any atom is -0.482 e. The minimum atomic E-state index is -0.385. The fourth-order valence-electron chi connectivity index (χ4n) is 2.07. The van der Waals surface area contributed by atoms with Gasteiger partial charge < -0.3 is 20.0 Å². The van der Waals surface area contributed by atoms with Crippen molar-refractivity contribution >= 4 is 61.8 Å². The predicted octanol–water partition coefficient (Wildman–Crippen LogP) is 3.94. The molecular formula is C15H10BrCl2N3O3. The average Bonchev–Trinajstić information content (AvgIpc) is 2.87. The average molecular weight is 431 g/mol. The molecular weight excluding hydrogens is 421 g/mol. The SMILES string of the molecule is O=C(COc1cc(Cl)ccc1Cl)Nc1cc2[nH]c(=O)[nH]c2cc1Br. The summed E-state index contributed by atoms with van der Waals surface area (Å²) >= 11 is 15.2. The van der Waals surface area contributed by atoms with E-state index in [1.54, 1.807) is 24.3 Å². The number of H-pyrrole nitrogens is 2. The Balaban J connectivity index is 1.71. The molecule has 0 fully saturated rings. The molecule has 0 spiro atoms. The number of carbonyl (C=O) groups is 1. The molecule has 0 radical (unpaired) electrons. The van der Waals surface area contributed by atoms with Crippen molar-refractivity contribution in [1.82, 2.24) is 9.97 Å². The standard InChI is InChI=1S/C15H10BrCl2N3O3/c16-8-4-11-12(21-15(23)20-11)5-10(8)19-14(22)6-24-13-3-7(17)1-2-9(13)18/h1-5H,6H2,(H,19,22)(H2,20,21,23). The molecule has 24 heavy (non-hydrogen) atoms. The molecule has 9 heteroatoms. The number of halogens is 3. The third-order valence-corrected chi connectivity index (χ3v) is 4.33. The maximum atomic E-state index is 12.1. The van der Waals surface area contributed by atoms with Gasteiger partial charge >= 0.3 is 5.69 Å². The molecule has 0 aliphatic carbocycles. The van der Waals surface area contributed by atoms with Gasteiger partial charge in [0.2, 0.25) is 0 Å². The van der Waals surface area contributed by atoms with Gasteiger partial charge in [-0.25, -0.2) is 4.79 Å². The zero-order chi connectivity index (χ0) is 17.3. The van der Waals surface area contributed by atoms with Crippen LogP contribution in [0.3, 0.4) is 0 Å². The van der Waals surface area contributed by atoms with Crippen molar-refractivity contribution in [2.45, 2.75) is 0 Å². The second-order valence-corrected chi connectivity index (χ2v) is 6.57. The normalized spacial score (nSPS) is 10.8. The highest BCUT2D eigenvalue weighted by Crippen LogP contribution is 2.28. The Labute approximate surface area is 154 Å². The van der Waals surface area contributed by atoms with Crippen LogP contribution in [0.5, 0.6) is 5.75 Å². The largest absolute Gasteiger partial charge is 0.482 e. The second-order valence-electron chi connectivity index (χ2n) is 4.87. The van der Waals surface area contributed by atoms with Crippen LogP contribution in [0.1, 0.15) is 0 Å². The highest BCUT2D eigenvalue weighted by atomic mass is 79.9. The van der Waals surface area contributed by atoms with Crippen LogP contribution in [0, 0.1) is 0 Å². The Morgan fingerprint density at radius 1 is 1.17 bits per heavy atom. The summed E-state index contributed by atoms with van der Waals surface area (Å²) in [5.74, 6) is -0.0622. The number of fused-ring (bicyclic) bond motifs is 1. The number of aromatic nitrogens is 2. The summed E-state index contributed by atoms with van der Waals surface area (Å²) in [5, 5.41) is 3.51. The molecule has 0 unspecified atom stereocenters. The topological polar surface area (TPSA) is 87.0 Å². The van der Waals surface area contributed by atoms with Crippen LogP contribution in [0.15, 0.2) is 39.6 Å². The van der Waals surface area contributed by atoms with Gasteiger partial charge in [0, 0.05) is 15.6 Å². The van der Waals surface area contributed by atoms with E-state index >= 15 is 0 Å². The summed E-state index contributed by atoms with van der Waals surface area (Å²) in [6.07, 6.45) is 0. The molecule has 6 nitrogen and oxygen atoms in total. The predicted molar refractivity (Wildman–Crippen MR) is 97.2 cm³/mol. The molecule has 0 saturated carbocycles. The summed E-state index contributed by atoms with van der Waals surface area (Å²) in [7, 11) is 0. The molecule has 3 N–H and O–H groups in total. The first-order chi connectivity index (χ1) is 11.4. The van der Waals surface area contributed by atoms with Crippen molar-refractivity contribution in [2.75, 3.05) is 11.9 Å². The highest BCUT2D eigenvalue weighted by Gasteiger charge is 2.11. The summed E-state index contributed by atoms with van der Waals surface area (Å²) in [6.45, 7) is -0.242. The van der Waals surface area contributed by atoms with Crippen LogP contribution in [0.25, 0.3) is 11.0 Å². The first kappa shape index (κ1) is 16.9. The summed E-state index contributed by atoms with van der Waals surface area (Å²) in [6, 6.07) is 8.08. The van der Waals surface area contributed by atoms with Crippen molar-refractivity contribution < 1.29 is 9.53 Å². The summed E-state index contributed by atoms with van der Waals surface area (Å²) in [4.78, 5) is 28.6. The quantitative estimate of drug-likeness (QED) is 0.585. The molecule has 0 saturated heterocycles. The van der Waals surface area contributed by atoms with Crippen LogP contribution in [0.2, 0.25) is 10.0 Å². The lowest BCUT2D eigenvalue weighted by atomic mass is 10.2. The Morgan fingerprint density at radius 3 is 2.62 bits per heavy atom. The Morgan fingerprint density at radius 2 is 1.88 bits per heavy atom. The number of hydrogen-bond acceptors (Lipinski definition) is 3. The van der Waals surface area contributed by atoms with Crippen LogP contribution in [-0.2, 0) is 4.79 Å². The number of nitrogens with one attached hydrogen (secondary N) is 3. The zero-order valence-corrected chi connectivity index (χ0v) is 15.1. The van der Waals surface area contributed by atoms with Gasteiger partial charge in [0.25, 0.3) is 5.91 Å². The first-order valence-corrected chi connectivity index (χ1v) is 8.26. The number of aromatic amines is 2. The van der Waals surface area contributed by atoms with E-state index in [-0.39, 0.29) is 18.2 Å². The molecule has 0 aliphatic rings. The third kappa shape index (κ3) is 3.75. The van der Waals surface area contributed by atoms with Crippen LogP contribution < -0.4 is 15.7 Å². The Bertz CT molecular complexity index is 984.